The van der Waals surface area contributed by atoms with Crippen LogP contribution in [0.4, 0.5) is 0 Å². The topological polar surface area (TPSA) is 37.4 Å². The highest BCUT2D eigenvalue weighted by Gasteiger charge is 2.20. The Hall–Kier alpha value is -1.07. The Bertz CT molecular complexity index is 699. The van der Waals surface area contributed by atoms with Crippen molar-refractivity contribution in [3.63, 3.8) is 0 Å². The summed E-state index contributed by atoms with van der Waals surface area (Å²) in [5.74, 6) is 0. The van der Waals surface area contributed by atoms with Crippen molar-refractivity contribution < 1.29 is 8.42 Å². The lowest BCUT2D eigenvalue weighted by atomic mass is 10.2. The molecule has 0 amide bonds. The number of halogens is 2. The predicted octanol–water partition coefficient (Wildman–Crippen LogP) is 3.81. The third-order valence-electron chi connectivity index (χ3n) is 2.82. The number of benzene rings is 2. The van der Waals surface area contributed by atoms with E-state index in [1.807, 2.05) is 6.07 Å². The first kappa shape index (κ1) is 15.3. The quantitative estimate of drug-likeness (QED) is 0.855. The second-order valence-corrected chi connectivity index (χ2v) is 7.26. The summed E-state index contributed by atoms with van der Waals surface area (Å²) in [6, 6.07) is 13.2. The Morgan fingerprint density at radius 2 is 1.65 bits per heavy atom. The molecule has 0 aliphatic heterocycles. The third kappa shape index (κ3) is 3.52. The molecule has 0 radical (unpaired) electrons. The van der Waals surface area contributed by atoms with Crippen molar-refractivity contribution >= 4 is 33.2 Å². The van der Waals surface area contributed by atoms with Crippen molar-refractivity contribution in [3.8, 4) is 0 Å². The second kappa shape index (κ2) is 6.14. The van der Waals surface area contributed by atoms with E-state index in [0.29, 0.717) is 10.0 Å². The van der Waals surface area contributed by atoms with Gasteiger partial charge in [0.25, 0.3) is 0 Å². The average molecular weight is 330 g/mol. The van der Waals surface area contributed by atoms with E-state index < -0.39 is 10.0 Å². The Morgan fingerprint density at radius 1 is 1.00 bits per heavy atom. The molecule has 2 aromatic carbocycles. The minimum Gasteiger partial charge on any atom is -0.207 e. The lowest BCUT2D eigenvalue weighted by molar-refractivity contribution is 0.467. The van der Waals surface area contributed by atoms with Crippen LogP contribution in [0.15, 0.2) is 53.4 Å². The van der Waals surface area contributed by atoms with Crippen molar-refractivity contribution in [1.29, 1.82) is 0 Å². The maximum absolute atomic E-state index is 12.4. The molecule has 0 atom stereocenters. The zero-order valence-corrected chi connectivity index (χ0v) is 13.1. The summed E-state index contributed by atoms with van der Waals surface area (Å²) in [4.78, 5) is 0.214. The summed E-state index contributed by atoms with van der Waals surface area (Å²) in [6.45, 7) is 0.255. The molecule has 2 rings (SSSR count). The van der Waals surface area contributed by atoms with Crippen LogP contribution in [0.25, 0.3) is 0 Å². The van der Waals surface area contributed by atoms with Crippen LogP contribution >= 0.6 is 23.2 Å². The molecule has 0 fully saturated rings. The number of rotatable bonds is 4. The third-order valence-corrected chi connectivity index (χ3v) is 5.12. The van der Waals surface area contributed by atoms with Crippen molar-refractivity contribution in [3.05, 3.63) is 64.1 Å². The van der Waals surface area contributed by atoms with Gasteiger partial charge in [0.1, 0.15) is 0 Å². The van der Waals surface area contributed by atoms with Gasteiger partial charge in [-0.3, -0.25) is 0 Å². The van der Waals surface area contributed by atoms with Gasteiger partial charge in [-0.25, -0.2) is 8.42 Å². The minimum atomic E-state index is -3.54. The van der Waals surface area contributed by atoms with Crippen LogP contribution < -0.4 is 0 Å². The van der Waals surface area contributed by atoms with Gasteiger partial charge in [0, 0.05) is 23.6 Å². The summed E-state index contributed by atoms with van der Waals surface area (Å²) in [5.41, 5.74) is 0.831. The maximum Gasteiger partial charge on any atom is 0.243 e. The highest BCUT2D eigenvalue weighted by Crippen LogP contribution is 2.20. The molecule has 0 saturated carbocycles. The van der Waals surface area contributed by atoms with E-state index in [4.69, 9.17) is 23.2 Å². The van der Waals surface area contributed by atoms with Crippen molar-refractivity contribution in [2.24, 2.45) is 0 Å². The van der Waals surface area contributed by atoms with Crippen molar-refractivity contribution in [2.45, 2.75) is 11.4 Å². The first-order chi connectivity index (χ1) is 9.39. The first-order valence-electron chi connectivity index (χ1n) is 5.86. The molecule has 3 nitrogen and oxygen atoms in total. The maximum atomic E-state index is 12.4. The standard InChI is InChI=1S/C14H13Cl2NO2S/c1-17(10-11-3-2-4-13(16)9-11)20(18,19)14-7-5-12(15)6-8-14/h2-9H,10H2,1H3. The van der Waals surface area contributed by atoms with E-state index in [1.165, 1.54) is 23.5 Å². The molecule has 0 saturated heterocycles. The van der Waals surface area contributed by atoms with Gasteiger partial charge in [-0.2, -0.15) is 4.31 Å². The van der Waals surface area contributed by atoms with Gasteiger partial charge in [0.05, 0.1) is 4.90 Å². The Balaban J connectivity index is 2.23. The van der Waals surface area contributed by atoms with Crippen LogP contribution in [0.1, 0.15) is 5.56 Å². The molecular formula is C14H13Cl2NO2S. The SMILES string of the molecule is CN(Cc1cccc(Cl)c1)S(=O)(=O)c1ccc(Cl)cc1. The van der Waals surface area contributed by atoms with Crippen molar-refractivity contribution in [1.82, 2.24) is 4.31 Å². The van der Waals surface area contributed by atoms with Gasteiger partial charge in [-0.1, -0.05) is 35.3 Å². The minimum absolute atomic E-state index is 0.214. The lowest BCUT2D eigenvalue weighted by Gasteiger charge is -2.17. The summed E-state index contributed by atoms with van der Waals surface area (Å²) >= 11 is 11.7. The van der Waals surface area contributed by atoms with Gasteiger partial charge in [-0.15, -0.1) is 0 Å². The van der Waals surface area contributed by atoms with Crippen LogP contribution in [-0.2, 0) is 16.6 Å². The van der Waals surface area contributed by atoms with Crippen LogP contribution in [0.5, 0.6) is 0 Å². The monoisotopic (exact) mass is 329 g/mol. The fraction of sp³-hybridized carbons (Fsp3) is 0.143. The van der Waals surface area contributed by atoms with E-state index in [9.17, 15) is 8.42 Å². The second-order valence-electron chi connectivity index (χ2n) is 4.34. The number of sulfonamides is 1. The molecule has 0 spiro atoms. The Labute approximate surface area is 128 Å². The summed E-state index contributed by atoms with van der Waals surface area (Å²) in [7, 11) is -2.00. The largest absolute Gasteiger partial charge is 0.243 e. The number of nitrogens with zero attached hydrogens (tertiary/aromatic N) is 1. The van der Waals surface area contributed by atoms with Gasteiger partial charge in [-0.05, 0) is 42.0 Å². The van der Waals surface area contributed by atoms with Crippen molar-refractivity contribution in [2.75, 3.05) is 7.05 Å². The predicted molar refractivity (Wildman–Crippen MR) is 81.6 cm³/mol. The smallest absolute Gasteiger partial charge is 0.207 e. The van der Waals surface area contributed by atoms with Gasteiger partial charge >= 0.3 is 0 Å². The molecule has 106 valence electrons. The van der Waals surface area contributed by atoms with E-state index in [0.717, 1.165) is 5.56 Å². The zero-order valence-electron chi connectivity index (χ0n) is 10.8. The highest BCUT2D eigenvalue weighted by molar-refractivity contribution is 7.89. The van der Waals surface area contributed by atoms with E-state index in [1.54, 1.807) is 30.3 Å². The van der Waals surface area contributed by atoms with E-state index >= 15 is 0 Å². The molecular weight excluding hydrogens is 317 g/mol. The zero-order chi connectivity index (χ0) is 14.8. The Morgan fingerprint density at radius 3 is 2.25 bits per heavy atom. The summed E-state index contributed by atoms with van der Waals surface area (Å²) in [5, 5.41) is 1.08. The summed E-state index contributed by atoms with van der Waals surface area (Å²) in [6.07, 6.45) is 0. The molecule has 0 aliphatic rings. The highest BCUT2D eigenvalue weighted by atomic mass is 35.5. The van der Waals surface area contributed by atoms with E-state index in [2.05, 4.69) is 0 Å². The summed E-state index contributed by atoms with van der Waals surface area (Å²) < 4.78 is 26.0. The lowest BCUT2D eigenvalue weighted by Crippen LogP contribution is -2.26. The molecule has 0 aromatic heterocycles. The molecule has 2 aromatic rings. The molecule has 0 unspecified atom stereocenters. The van der Waals surface area contributed by atoms with Crippen LogP contribution in [-0.4, -0.2) is 19.8 Å². The molecule has 20 heavy (non-hydrogen) atoms. The van der Waals surface area contributed by atoms with E-state index in [-0.39, 0.29) is 11.4 Å². The van der Waals surface area contributed by atoms with Crippen LogP contribution in [0.3, 0.4) is 0 Å². The normalized spacial score (nSPS) is 11.8. The molecule has 0 aliphatic carbocycles. The van der Waals surface area contributed by atoms with Crippen LogP contribution in [0, 0.1) is 0 Å². The fourth-order valence-electron chi connectivity index (χ4n) is 1.76. The number of hydrogen-bond acceptors (Lipinski definition) is 2. The molecule has 0 N–H and O–H groups in total. The molecule has 0 heterocycles. The van der Waals surface area contributed by atoms with Gasteiger partial charge in [0.15, 0.2) is 0 Å². The number of hydrogen-bond donors (Lipinski definition) is 0. The van der Waals surface area contributed by atoms with Gasteiger partial charge < -0.3 is 0 Å². The first-order valence-corrected chi connectivity index (χ1v) is 8.05. The molecule has 6 heteroatoms. The Kier molecular flexibility index (Phi) is 4.70. The fourth-order valence-corrected chi connectivity index (χ4v) is 3.26. The van der Waals surface area contributed by atoms with Gasteiger partial charge in [0.2, 0.25) is 10.0 Å². The van der Waals surface area contributed by atoms with Crippen LogP contribution in [0.2, 0.25) is 10.0 Å². The molecule has 0 bridgehead atoms. The average Bonchev–Trinajstić information content (AvgIpc) is 2.39.